The Morgan fingerprint density at radius 1 is 1.15 bits per heavy atom. The van der Waals surface area contributed by atoms with Crippen LogP contribution in [-0.4, -0.2) is 34.6 Å². The van der Waals surface area contributed by atoms with Crippen molar-refractivity contribution in [1.82, 2.24) is 10.0 Å². The zero-order chi connectivity index (χ0) is 19.2. The Bertz CT molecular complexity index is 854. The molecule has 0 spiro atoms. The number of carbonyl (C=O) groups excluding carboxylic acids is 1. The molecule has 0 aliphatic rings. The normalized spacial score (nSPS) is 12.6. The lowest BCUT2D eigenvalue weighted by Gasteiger charge is -2.16. The van der Waals surface area contributed by atoms with Crippen LogP contribution in [0.4, 0.5) is 0 Å². The highest BCUT2D eigenvalue weighted by atomic mass is 79.9. The third kappa shape index (κ3) is 5.38. The molecule has 1 amide bonds. The summed E-state index contributed by atoms with van der Waals surface area (Å²) in [6.07, 6.45) is 0. The lowest BCUT2D eigenvalue weighted by Crippen LogP contribution is -2.28. The molecule has 2 aromatic rings. The number of hydrogen-bond donors (Lipinski definition) is 2. The van der Waals surface area contributed by atoms with Crippen molar-refractivity contribution in [3.63, 3.8) is 0 Å². The highest BCUT2D eigenvalue weighted by Gasteiger charge is 2.16. The van der Waals surface area contributed by atoms with E-state index >= 15 is 0 Å². The van der Waals surface area contributed by atoms with Crippen LogP contribution in [0, 0.1) is 0 Å². The molecule has 8 heteroatoms. The monoisotopic (exact) mass is 440 g/mol. The number of methoxy groups -OCH3 is 1. The molecule has 0 heterocycles. The predicted octanol–water partition coefficient (Wildman–Crippen LogP) is 2.86. The van der Waals surface area contributed by atoms with Gasteiger partial charge in [-0.25, -0.2) is 13.1 Å². The fraction of sp³-hybridized carbons (Fsp3) is 0.278. The molecule has 2 rings (SSSR count). The molecule has 0 aliphatic heterocycles. The average Bonchev–Trinajstić information content (AvgIpc) is 2.62. The van der Waals surface area contributed by atoms with Crippen molar-refractivity contribution in [1.29, 1.82) is 0 Å². The Hall–Kier alpha value is -1.74. The average molecular weight is 441 g/mol. The Morgan fingerprint density at radius 3 is 2.42 bits per heavy atom. The maximum Gasteiger partial charge on any atom is 0.251 e. The van der Waals surface area contributed by atoms with Gasteiger partial charge in [-0.1, -0.05) is 34.1 Å². The zero-order valence-electron chi connectivity index (χ0n) is 14.5. The summed E-state index contributed by atoms with van der Waals surface area (Å²) in [5.41, 5.74) is 1.35. The number of benzene rings is 2. The number of hydrogen-bond acceptors (Lipinski definition) is 4. The number of amides is 1. The van der Waals surface area contributed by atoms with Gasteiger partial charge in [0.15, 0.2) is 0 Å². The molecule has 1 atom stereocenters. The van der Waals surface area contributed by atoms with E-state index in [9.17, 15) is 13.2 Å². The molecule has 0 saturated carbocycles. The Labute approximate surface area is 162 Å². The van der Waals surface area contributed by atoms with Crippen LogP contribution in [0.1, 0.15) is 28.9 Å². The Kier molecular flexibility index (Phi) is 7.33. The van der Waals surface area contributed by atoms with E-state index in [-0.39, 0.29) is 30.0 Å². The van der Waals surface area contributed by atoms with Gasteiger partial charge < -0.3 is 10.1 Å². The molecule has 2 aromatic carbocycles. The number of nitrogens with one attached hydrogen (secondary N) is 2. The second kappa shape index (κ2) is 9.27. The minimum absolute atomic E-state index is 0.101. The molecule has 26 heavy (non-hydrogen) atoms. The second-order valence-electron chi connectivity index (χ2n) is 5.63. The zero-order valence-corrected chi connectivity index (χ0v) is 16.9. The molecule has 0 fully saturated rings. The quantitative estimate of drug-likeness (QED) is 0.618. The first kappa shape index (κ1) is 20.6. The van der Waals surface area contributed by atoms with Crippen LogP contribution in [-0.2, 0) is 14.8 Å². The molecule has 140 valence electrons. The van der Waals surface area contributed by atoms with Crippen molar-refractivity contribution in [3.05, 3.63) is 64.1 Å². The van der Waals surface area contributed by atoms with E-state index in [2.05, 4.69) is 26.0 Å². The third-order valence-corrected chi connectivity index (χ3v) is 5.94. The van der Waals surface area contributed by atoms with Crippen molar-refractivity contribution in [2.75, 3.05) is 20.3 Å². The van der Waals surface area contributed by atoms with Gasteiger partial charge in [-0.05, 0) is 42.8 Å². The van der Waals surface area contributed by atoms with Gasteiger partial charge in [-0.15, -0.1) is 0 Å². The van der Waals surface area contributed by atoms with E-state index < -0.39 is 10.0 Å². The van der Waals surface area contributed by atoms with Crippen LogP contribution in [0.5, 0.6) is 0 Å². The highest BCUT2D eigenvalue weighted by molar-refractivity contribution is 9.10. The molecule has 0 radical (unpaired) electrons. The van der Waals surface area contributed by atoms with Crippen molar-refractivity contribution < 1.29 is 17.9 Å². The Morgan fingerprint density at radius 2 is 1.81 bits per heavy atom. The van der Waals surface area contributed by atoms with E-state index in [4.69, 9.17) is 4.74 Å². The summed E-state index contributed by atoms with van der Waals surface area (Å²) in [5.74, 6) is -0.274. The molecule has 0 bridgehead atoms. The fourth-order valence-electron chi connectivity index (χ4n) is 2.33. The van der Waals surface area contributed by atoms with Crippen LogP contribution >= 0.6 is 15.9 Å². The van der Waals surface area contributed by atoms with Crippen LogP contribution < -0.4 is 10.0 Å². The highest BCUT2D eigenvalue weighted by Crippen LogP contribution is 2.23. The van der Waals surface area contributed by atoms with Gasteiger partial charge in [-0.3, -0.25) is 4.79 Å². The molecular formula is C18H21BrN2O4S. The maximum absolute atomic E-state index is 12.4. The number of rotatable bonds is 8. The molecule has 0 aliphatic carbocycles. The van der Waals surface area contributed by atoms with E-state index in [1.165, 1.54) is 31.4 Å². The first-order valence-corrected chi connectivity index (χ1v) is 10.3. The predicted molar refractivity (Wildman–Crippen MR) is 104 cm³/mol. The van der Waals surface area contributed by atoms with Gasteiger partial charge in [0.1, 0.15) is 0 Å². The van der Waals surface area contributed by atoms with Crippen molar-refractivity contribution in [3.8, 4) is 0 Å². The molecule has 0 saturated heterocycles. The van der Waals surface area contributed by atoms with E-state index in [1.807, 2.05) is 31.2 Å². The minimum atomic E-state index is -3.61. The van der Waals surface area contributed by atoms with Gasteiger partial charge in [0.05, 0.1) is 17.5 Å². The van der Waals surface area contributed by atoms with Crippen LogP contribution in [0.3, 0.4) is 0 Å². The molecule has 1 unspecified atom stereocenters. The van der Waals surface area contributed by atoms with Crippen molar-refractivity contribution >= 4 is 31.9 Å². The van der Waals surface area contributed by atoms with Crippen molar-refractivity contribution in [2.24, 2.45) is 0 Å². The largest absolute Gasteiger partial charge is 0.383 e. The number of ether oxygens (including phenoxy) is 1. The molecule has 0 aromatic heterocycles. The van der Waals surface area contributed by atoms with Gasteiger partial charge in [0, 0.05) is 23.7 Å². The van der Waals surface area contributed by atoms with E-state index in [0.29, 0.717) is 5.56 Å². The summed E-state index contributed by atoms with van der Waals surface area (Å²) in [6, 6.07) is 13.3. The second-order valence-corrected chi connectivity index (χ2v) is 8.25. The van der Waals surface area contributed by atoms with E-state index in [1.54, 1.807) is 0 Å². The van der Waals surface area contributed by atoms with Gasteiger partial charge >= 0.3 is 0 Å². The standard InChI is InChI=1S/C18H21BrN2O4S/c1-13(16-5-3-4-6-17(16)19)21-18(22)14-7-9-15(10-8-14)26(23,24)20-11-12-25-2/h3-10,13,20H,11-12H2,1-2H3,(H,21,22). The SMILES string of the molecule is COCCNS(=O)(=O)c1ccc(C(=O)NC(C)c2ccccc2Br)cc1. The maximum atomic E-state index is 12.4. The lowest BCUT2D eigenvalue weighted by atomic mass is 10.1. The van der Waals surface area contributed by atoms with Crippen LogP contribution in [0.2, 0.25) is 0 Å². The fourth-order valence-corrected chi connectivity index (χ4v) is 3.97. The van der Waals surface area contributed by atoms with E-state index in [0.717, 1.165) is 10.0 Å². The smallest absolute Gasteiger partial charge is 0.251 e. The van der Waals surface area contributed by atoms with Crippen LogP contribution in [0.25, 0.3) is 0 Å². The Balaban J connectivity index is 2.06. The topological polar surface area (TPSA) is 84.5 Å². The summed E-state index contributed by atoms with van der Waals surface area (Å²) in [6.45, 7) is 2.35. The number of carbonyl (C=O) groups is 1. The van der Waals surface area contributed by atoms with Gasteiger partial charge in [-0.2, -0.15) is 0 Å². The first-order chi connectivity index (χ1) is 12.3. The number of sulfonamides is 1. The molecule has 6 nitrogen and oxygen atoms in total. The lowest BCUT2D eigenvalue weighted by molar-refractivity contribution is 0.0939. The molecule has 2 N–H and O–H groups in total. The summed E-state index contributed by atoms with van der Waals surface area (Å²) in [4.78, 5) is 12.5. The van der Waals surface area contributed by atoms with Crippen LogP contribution in [0.15, 0.2) is 57.9 Å². The van der Waals surface area contributed by atoms with Gasteiger partial charge in [0.2, 0.25) is 10.0 Å². The summed E-state index contributed by atoms with van der Waals surface area (Å²) in [7, 11) is -2.12. The van der Waals surface area contributed by atoms with Crippen molar-refractivity contribution in [2.45, 2.75) is 17.9 Å². The summed E-state index contributed by atoms with van der Waals surface area (Å²) < 4.78 is 32.4. The third-order valence-electron chi connectivity index (χ3n) is 3.74. The minimum Gasteiger partial charge on any atom is -0.383 e. The first-order valence-electron chi connectivity index (χ1n) is 7.99. The van der Waals surface area contributed by atoms with Gasteiger partial charge in [0.25, 0.3) is 5.91 Å². The number of halogens is 1. The summed E-state index contributed by atoms with van der Waals surface area (Å²) >= 11 is 3.47. The summed E-state index contributed by atoms with van der Waals surface area (Å²) in [5, 5.41) is 2.90. The molecular weight excluding hydrogens is 420 g/mol.